The van der Waals surface area contributed by atoms with Crippen LogP contribution in [0.3, 0.4) is 0 Å². The molecule has 3 aliphatic rings. The third-order valence-corrected chi connectivity index (χ3v) is 9.06. The van der Waals surface area contributed by atoms with Crippen LogP contribution in [0.4, 0.5) is 0 Å². The molecule has 0 aromatic heterocycles. The summed E-state index contributed by atoms with van der Waals surface area (Å²) in [4.78, 5) is 35.0. The molecule has 3 rings (SSSR count). The van der Waals surface area contributed by atoms with Crippen LogP contribution < -0.4 is 0 Å². The Bertz CT molecular complexity index is 792. The fourth-order valence-corrected chi connectivity index (χ4v) is 7.62. The lowest BCUT2D eigenvalue weighted by molar-refractivity contribution is -0.295. The lowest BCUT2D eigenvalue weighted by atomic mass is 9.43. The second-order valence-electron chi connectivity index (χ2n) is 11.8. The van der Waals surface area contributed by atoms with Crippen LogP contribution in [0.1, 0.15) is 93.9 Å². The number of carbonyl (C=O) groups is 3. The van der Waals surface area contributed by atoms with E-state index in [1.54, 1.807) is 0 Å². The van der Waals surface area contributed by atoms with E-state index in [-0.39, 0.29) is 35.1 Å². The monoisotopic (exact) mass is 466 g/mol. The molecule has 3 fully saturated rings. The number of carbonyl (C=O) groups excluding carboxylic acids is 3. The van der Waals surface area contributed by atoms with Gasteiger partial charge in [-0.05, 0) is 69.6 Å². The summed E-state index contributed by atoms with van der Waals surface area (Å²) in [5, 5.41) is 0. The maximum atomic E-state index is 11.8. The second kappa shape index (κ2) is 8.86. The Morgan fingerprint density at radius 2 is 1.48 bits per heavy atom. The van der Waals surface area contributed by atoms with Crippen molar-refractivity contribution < 1.29 is 33.3 Å². The lowest BCUT2D eigenvalue weighted by Gasteiger charge is -2.66. The molecule has 7 atom stereocenters. The van der Waals surface area contributed by atoms with Crippen LogP contribution in [0.25, 0.3) is 0 Å². The first kappa shape index (κ1) is 26.0. The van der Waals surface area contributed by atoms with Gasteiger partial charge >= 0.3 is 17.9 Å². The van der Waals surface area contributed by atoms with Gasteiger partial charge in [0.2, 0.25) is 0 Å². The molecule has 0 amide bonds. The van der Waals surface area contributed by atoms with Crippen LogP contribution >= 0.6 is 0 Å². The first-order valence-electron chi connectivity index (χ1n) is 12.3. The van der Waals surface area contributed by atoms with E-state index in [9.17, 15) is 14.4 Å². The molecular formula is C26H42O7. The predicted octanol–water partition coefficient (Wildman–Crippen LogP) is 4.59. The fraction of sp³-hybridized carbons (Fsp3) is 0.885. The maximum Gasteiger partial charge on any atom is 0.303 e. The van der Waals surface area contributed by atoms with Gasteiger partial charge in [-0.2, -0.15) is 0 Å². The van der Waals surface area contributed by atoms with Gasteiger partial charge in [0.15, 0.2) is 6.10 Å². The quantitative estimate of drug-likeness (QED) is 0.432. The van der Waals surface area contributed by atoms with Crippen LogP contribution in [0.15, 0.2) is 0 Å². The molecule has 1 heterocycles. The summed E-state index contributed by atoms with van der Waals surface area (Å²) in [5.41, 5.74) is -1.17. The molecule has 188 valence electrons. The predicted molar refractivity (Wildman–Crippen MR) is 122 cm³/mol. The van der Waals surface area contributed by atoms with Crippen LogP contribution in [0, 0.1) is 22.7 Å². The Morgan fingerprint density at radius 1 is 0.848 bits per heavy atom. The molecule has 0 spiro atoms. The van der Waals surface area contributed by atoms with Gasteiger partial charge in [0.1, 0.15) is 18.3 Å². The normalized spacial score (nSPS) is 40.5. The summed E-state index contributed by atoms with van der Waals surface area (Å²) in [6.07, 6.45) is 4.62. The molecule has 33 heavy (non-hydrogen) atoms. The van der Waals surface area contributed by atoms with Gasteiger partial charge in [0.05, 0.1) is 5.60 Å². The van der Waals surface area contributed by atoms with Gasteiger partial charge in [-0.1, -0.05) is 20.8 Å². The molecule has 0 radical (unpaired) electrons. The SMILES string of the molecule is CC(=O)OC[C@@H](OC(C)=O)[C@@]1(C)CC[C@H]2[C@]3(C)CC[C@H](OC(C)=O)C(C)(C)[C@H]3CC[C@]2(C)O1. The van der Waals surface area contributed by atoms with E-state index in [1.165, 1.54) is 20.8 Å². The number of hydrogen-bond donors (Lipinski definition) is 0. The Labute approximate surface area is 198 Å². The van der Waals surface area contributed by atoms with Crippen molar-refractivity contribution in [3.05, 3.63) is 0 Å². The standard InChI is InChI=1S/C26H42O7/c1-16(27)30-15-22(32-18(3)29)26(8)14-10-20-24(6)12-11-21(31-17(2)28)23(4,5)19(24)9-13-25(20,7)33-26/h19-22H,9-15H2,1-8H3/t19-,20+,21+,22-,24-,25+,26-/m1/s1. The minimum Gasteiger partial charge on any atom is -0.462 e. The van der Waals surface area contributed by atoms with Gasteiger partial charge in [0, 0.05) is 26.2 Å². The fourth-order valence-electron chi connectivity index (χ4n) is 7.62. The van der Waals surface area contributed by atoms with Crippen molar-refractivity contribution in [2.24, 2.45) is 22.7 Å². The zero-order chi connectivity index (χ0) is 24.8. The van der Waals surface area contributed by atoms with E-state index in [0.717, 1.165) is 32.1 Å². The Balaban J connectivity index is 1.85. The summed E-state index contributed by atoms with van der Waals surface area (Å²) in [6, 6.07) is 0. The smallest absolute Gasteiger partial charge is 0.303 e. The van der Waals surface area contributed by atoms with E-state index in [0.29, 0.717) is 18.3 Å². The van der Waals surface area contributed by atoms with Gasteiger partial charge in [-0.25, -0.2) is 0 Å². The van der Waals surface area contributed by atoms with E-state index < -0.39 is 23.6 Å². The van der Waals surface area contributed by atoms with E-state index >= 15 is 0 Å². The minimum absolute atomic E-state index is 0.0108. The molecule has 2 aliphatic carbocycles. The van der Waals surface area contributed by atoms with Crippen molar-refractivity contribution in [2.75, 3.05) is 6.61 Å². The highest BCUT2D eigenvalue weighted by Gasteiger charge is 2.64. The van der Waals surface area contributed by atoms with Crippen molar-refractivity contribution in [3.63, 3.8) is 0 Å². The molecule has 0 aromatic rings. The zero-order valence-corrected chi connectivity index (χ0v) is 21.6. The van der Waals surface area contributed by atoms with Gasteiger partial charge in [-0.3, -0.25) is 14.4 Å². The Hall–Kier alpha value is -1.63. The zero-order valence-electron chi connectivity index (χ0n) is 21.6. The van der Waals surface area contributed by atoms with Gasteiger partial charge in [-0.15, -0.1) is 0 Å². The number of ether oxygens (including phenoxy) is 4. The van der Waals surface area contributed by atoms with Gasteiger partial charge in [0.25, 0.3) is 0 Å². The third-order valence-electron chi connectivity index (χ3n) is 9.06. The lowest BCUT2D eigenvalue weighted by Crippen LogP contribution is -2.66. The molecule has 0 bridgehead atoms. The van der Waals surface area contributed by atoms with Crippen molar-refractivity contribution in [1.82, 2.24) is 0 Å². The summed E-state index contributed by atoms with van der Waals surface area (Å²) in [6.45, 7) is 15.2. The number of rotatable bonds is 5. The van der Waals surface area contributed by atoms with E-state index in [1.807, 2.05) is 6.92 Å². The second-order valence-corrected chi connectivity index (χ2v) is 11.8. The van der Waals surface area contributed by atoms with Crippen LogP contribution in [0.5, 0.6) is 0 Å². The topological polar surface area (TPSA) is 88.1 Å². The average molecular weight is 467 g/mol. The highest BCUT2D eigenvalue weighted by Crippen LogP contribution is 2.66. The molecule has 0 unspecified atom stereocenters. The largest absolute Gasteiger partial charge is 0.462 e. The highest BCUT2D eigenvalue weighted by atomic mass is 16.6. The minimum atomic E-state index is -0.736. The van der Waals surface area contributed by atoms with Gasteiger partial charge < -0.3 is 18.9 Å². The number of fused-ring (bicyclic) bond motifs is 3. The summed E-state index contributed by atoms with van der Waals surface area (Å²) in [7, 11) is 0. The number of esters is 3. The molecule has 0 N–H and O–H groups in total. The summed E-state index contributed by atoms with van der Waals surface area (Å²) in [5.74, 6) is -0.278. The molecular weight excluding hydrogens is 424 g/mol. The molecule has 2 saturated carbocycles. The van der Waals surface area contributed by atoms with Crippen LogP contribution in [-0.4, -0.2) is 47.9 Å². The molecule has 7 nitrogen and oxygen atoms in total. The first-order valence-corrected chi connectivity index (χ1v) is 12.3. The van der Waals surface area contributed by atoms with E-state index in [4.69, 9.17) is 18.9 Å². The molecule has 1 saturated heterocycles. The molecule has 0 aromatic carbocycles. The average Bonchev–Trinajstić information content (AvgIpc) is 2.66. The number of hydrogen-bond acceptors (Lipinski definition) is 7. The van der Waals surface area contributed by atoms with Crippen LogP contribution in [-0.2, 0) is 33.3 Å². The Morgan fingerprint density at radius 3 is 2.06 bits per heavy atom. The van der Waals surface area contributed by atoms with Crippen molar-refractivity contribution in [2.45, 2.75) is 117 Å². The first-order chi connectivity index (χ1) is 15.1. The summed E-state index contributed by atoms with van der Waals surface area (Å²) < 4.78 is 23.5. The summed E-state index contributed by atoms with van der Waals surface area (Å²) >= 11 is 0. The maximum absolute atomic E-state index is 11.8. The molecule has 7 heteroatoms. The molecule has 1 aliphatic heterocycles. The van der Waals surface area contributed by atoms with Crippen LogP contribution in [0.2, 0.25) is 0 Å². The van der Waals surface area contributed by atoms with Crippen molar-refractivity contribution in [3.8, 4) is 0 Å². The Kier molecular flexibility index (Phi) is 6.98. The van der Waals surface area contributed by atoms with Crippen molar-refractivity contribution >= 4 is 17.9 Å². The van der Waals surface area contributed by atoms with Crippen molar-refractivity contribution in [1.29, 1.82) is 0 Å². The highest BCUT2D eigenvalue weighted by molar-refractivity contribution is 5.67. The third kappa shape index (κ3) is 4.80. The van der Waals surface area contributed by atoms with E-state index in [2.05, 4.69) is 27.7 Å².